The maximum absolute atomic E-state index is 10.9. The van der Waals surface area contributed by atoms with E-state index in [4.69, 9.17) is 18.6 Å². The number of hydrogen-bond acceptors (Lipinski definition) is 10. The minimum atomic E-state index is -0.520. The molecule has 0 saturated heterocycles. The first-order valence-corrected chi connectivity index (χ1v) is 12.2. The van der Waals surface area contributed by atoms with Gasteiger partial charge >= 0.3 is 5.82 Å². The van der Waals surface area contributed by atoms with Crippen molar-refractivity contribution in [2.75, 3.05) is 14.2 Å². The average molecular weight is 530 g/mol. The average Bonchev–Trinajstić information content (AvgIpc) is 3.65. The largest absolute Gasteiger partial charge is 0.496 e. The third kappa shape index (κ3) is 4.37. The van der Waals surface area contributed by atoms with Crippen LogP contribution in [-0.4, -0.2) is 38.7 Å². The van der Waals surface area contributed by atoms with Crippen molar-refractivity contribution in [3.05, 3.63) is 82.7 Å². The monoisotopic (exact) mass is 529 g/mol. The highest BCUT2D eigenvalue weighted by atomic mass is 32.1. The Morgan fingerprint density at radius 2 is 1.97 bits per heavy atom. The van der Waals surface area contributed by atoms with Crippen LogP contribution in [0.25, 0.3) is 38.5 Å². The molecular weight excluding hydrogens is 510 g/mol. The van der Waals surface area contributed by atoms with Crippen LogP contribution in [-0.2, 0) is 6.61 Å². The number of imidazole rings is 1. The summed E-state index contributed by atoms with van der Waals surface area (Å²) >= 11 is 1.33. The quantitative estimate of drug-likeness (QED) is 0.178. The van der Waals surface area contributed by atoms with Crippen LogP contribution in [0.4, 0.5) is 5.82 Å². The van der Waals surface area contributed by atoms with Crippen LogP contribution in [0, 0.1) is 10.1 Å². The molecule has 38 heavy (non-hydrogen) atoms. The van der Waals surface area contributed by atoms with Gasteiger partial charge in [0.2, 0.25) is 4.96 Å². The molecule has 0 bridgehead atoms. The molecule has 0 atom stereocenters. The third-order valence-electron chi connectivity index (χ3n) is 5.85. The predicted molar refractivity (Wildman–Crippen MR) is 140 cm³/mol. The predicted octanol–water partition coefficient (Wildman–Crippen LogP) is 5.77. The number of hydrogen-bond donors (Lipinski definition) is 0. The fraction of sp³-hybridized carbons (Fsp3) is 0.115. The summed E-state index contributed by atoms with van der Waals surface area (Å²) in [5.41, 5.74) is 3.79. The van der Waals surface area contributed by atoms with Crippen molar-refractivity contribution in [1.82, 2.24) is 19.6 Å². The summed E-state index contributed by atoms with van der Waals surface area (Å²) in [5.74, 6) is 1.57. The fourth-order valence-corrected chi connectivity index (χ4v) is 4.70. The Bertz CT molecular complexity index is 1760. The van der Waals surface area contributed by atoms with Gasteiger partial charge in [-0.05, 0) is 50.6 Å². The normalized spacial score (nSPS) is 11.2. The molecule has 0 spiro atoms. The van der Waals surface area contributed by atoms with E-state index in [1.54, 1.807) is 37.1 Å². The number of rotatable bonds is 8. The van der Waals surface area contributed by atoms with Gasteiger partial charge < -0.3 is 28.7 Å². The molecule has 0 radical (unpaired) electrons. The maximum atomic E-state index is 10.9. The molecule has 4 heterocycles. The van der Waals surface area contributed by atoms with Crippen molar-refractivity contribution < 1.29 is 23.6 Å². The van der Waals surface area contributed by atoms with E-state index in [-0.39, 0.29) is 12.4 Å². The molecule has 6 aromatic rings. The summed E-state index contributed by atoms with van der Waals surface area (Å²) in [6.07, 6.45) is 3.27. The molecule has 4 aromatic heterocycles. The minimum absolute atomic E-state index is 0.193. The van der Waals surface area contributed by atoms with E-state index >= 15 is 0 Å². The summed E-state index contributed by atoms with van der Waals surface area (Å²) < 4.78 is 24.6. The van der Waals surface area contributed by atoms with Crippen molar-refractivity contribution in [3.8, 4) is 39.3 Å². The molecule has 190 valence electrons. The van der Waals surface area contributed by atoms with Crippen molar-refractivity contribution in [3.63, 3.8) is 0 Å². The minimum Gasteiger partial charge on any atom is -0.496 e. The van der Waals surface area contributed by atoms with E-state index in [1.807, 2.05) is 36.4 Å². The SMILES string of the molecule is COc1cc(OCc2cccc(-c3ccc([N+](=O)[O-])nc3)c2)c2cc(-c3cn4nc(OC)sc4n3)oc2c1. The Morgan fingerprint density at radius 1 is 1.08 bits per heavy atom. The number of pyridine rings is 1. The van der Waals surface area contributed by atoms with Gasteiger partial charge in [-0.3, -0.25) is 0 Å². The Morgan fingerprint density at radius 3 is 2.71 bits per heavy atom. The first-order valence-electron chi connectivity index (χ1n) is 11.4. The number of methoxy groups -OCH3 is 2. The van der Waals surface area contributed by atoms with Gasteiger partial charge in [-0.2, -0.15) is 0 Å². The first kappa shape index (κ1) is 23.4. The lowest BCUT2D eigenvalue weighted by molar-refractivity contribution is -0.389. The lowest BCUT2D eigenvalue weighted by atomic mass is 10.1. The van der Waals surface area contributed by atoms with Gasteiger partial charge in [-0.15, -0.1) is 5.10 Å². The highest BCUT2D eigenvalue weighted by molar-refractivity contribution is 7.18. The van der Waals surface area contributed by atoms with Crippen LogP contribution in [0.2, 0.25) is 0 Å². The molecule has 0 fully saturated rings. The smallest absolute Gasteiger partial charge is 0.363 e. The van der Waals surface area contributed by atoms with Gasteiger partial charge in [0.1, 0.15) is 35.6 Å². The van der Waals surface area contributed by atoms with Gasteiger partial charge in [0, 0.05) is 23.8 Å². The summed E-state index contributed by atoms with van der Waals surface area (Å²) in [6.45, 7) is 0.279. The van der Waals surface area contributed by atoms with Gasteiger partial charge in [0.05, 0.1) is 25.8 Å². The zero-order valence-electron chi connectivity index (χ0n) is 20.2. The van der Waals surface area contributed by atoms with Gasteiger partial charge in [-0.1, -0.05) is 18.2 Å². The van der Waals surface area contributed by atoms with E-state index < -0.39 is 4.92 Å². The van der Waals surface area contributed by atoms with Gasteiger partial charge in [-0.25, -0.2) is 9.50 Å². The van der Waals surface area contributed by atoms with Crippen LogP contribution in [0.15, 0.2) is 71.4 Å². The zero-order chi connectivity index (χ0) is 26.2. The first-order chi connectivity index (χ1) is 18.5. The van der Waals surface area contributed by atoms with Gasteiger partial charge in [0.15, 0.2) is 5.76 Å². The second-order valence-electron chi connectivity index (χ2n) is 8.22. The topological polar surface area (TPSA) is 127 Å². The van der Waals surface area contributed by atoms with Crippen molar-refractivity contribution in [2.24, 2.45) is 0 Å². The summed E-state index contributed by atoms with van der Waals surface area (Å²) in [5, 5.41) is 16.5. The molecule has 12 heteroatoms. The van der Waals surface area contributed by atoms with E-state index in [2.05, 4.69) is 15.1 Å². The Kier molecular flexibility index (Phi) is 5.85. The number of aromatic nitrogens is 4. The summed E-state index contributed by atoms with van der Waals surface area (Å²) in [7, 11) is 3.15. The molecule has 0 aliphatic heterocycles. The summed E-state index contributed by atoms with van der Waals surface area (Å²) in [6, 6.07) is 16.3. The molecule has 0 amide bonds. The standard InChI is InChI=1S/C26H19N5O6S/c1-34-18-9-21(36-14-15-4-3-5-16(8-15)17-6-7-24(27-12-17)31(32)33)19-11-23(37-22(19)10-18)20-13-30-25(28-20)38-26(29-30)35-2/h3-13H,14H2,1-2H3. The molecule has 11 nitrogen and oxygen atoms in total. The second-order valence-corrected chi connectivity index (χ2v) is 9.14. The number of nitrogens with zero attached hydrogens (tertiary/aromatic N) is 5. The summed E-state index contributed by atoms with van der Waals surface area (Å²) in [4.78, 5) is 19.6. The molecular formula is C26H19N5O6S. The molecule has 0 unspecified atom stereocenters. The molecule has 0 saturated carbocycles. The van der Waals surface area contributed by atoms with E-state index in [1.165, 1.54) is 23.6 Å². The van der Waals surface area contributed by atoms with E-state index in [9.17, 15) is 10.1 Å². The van der Waals surface area contributed by atoms with Crippen LogP contribution >= 0.6 is 11.3 Å². The molecule has 0 aliphatic carbocycles. The van der Waals surface area contributed by atoms with E-state index in [0.717, 1.165) is 22.1 Å². The molecule has 0 N–H and O–H groups in total. The van der Waals surface area contributed by atoms with Crippen LogP contribution in [0.1, 0.15) is 5.56 Å². The maximum Gasteiger partial charge on any atom is 0.363 e. The third-order valence-corrected chi connectivity index (χ3v) is 6.73. The Balaban J connectivity index is 1.28. The number of furan rings is 1. The highest BCUT2D eigenvalue weighted by Crippen LogP contribution is 2.37. The van der Waals surface area contributed by atoms with Crippen molar-refractivity contribution >= 4 is 33.1 Å². The lowest BCUT2D eigenvalue weighted by Gasteiger charge is -2.10. The number of fused-ring (bicyclic) bond motifs is 2. The fourth-order valence-electron chi connectivity index (χ4n) is 4.00. The van der Waals surface area contributed by atoms with E-state index in [0.29, 0.717) is 38.7 Å². The molecule has 0 aliphatic rings. The van der Waals surface area contributed by atoms with Crippen LogP contribution < -0.4 is 14.2 Å². The number of nitro groups is 1. The van der Waals surface area contributed by atoms with Crippen LogP contribution in [0.5, 0.6) is 16.7 Å². The lowest BCUT2D eigenvalue weighted by Crippen LogP contribution is -1.97. The Hall–Kier alpha value is -4.97. The van der Waals surface area contributed by atoms with Crippen LogP contribution in [0.3, 0.4) is 0 Å². The Labute approximate surface area is 219 Å². The number of ether oxygens (including phenoxy) is 3. The highest BCUT2D eigenvalue weighted by Gasteiger charge is 2.17. The second kappa shape index (κ2) is 9.48. The number of benzene rings is 2. The van der Waals surface area contributed by atoms with Crippen molar-refractivity contribution in [2.45, 2.75) is 6.61 Å². The molecule has 6 rings (SSSR count). The van der Waals surface area contributed by atoms with Crippen molar-refractivity contribution in [1.29, 1.82) is 0 Å². The zero-order valence-corrected chi connectivity index (χ0v) is 21.0. The molecule has 2 aromatic carbocycles. The van der Waals surface area contributed by atoms with Gasteiger partial charge in [0.25, 0.3) is 5.19 Å².